The number of rotatable bonds is 5. The predicted octanol–water partition coefficient (Wildman–Crippen LogP) is 3.81. The van der Waals surface area contributed by atoms with Gasteiger partial charge in [0.15, 0.2) is 0 Å². The second-order valence-electron chi connectivity index (χ2n) is 5.47. The summed E-state index contributed by atoms with van der Waals surface area (Å²) < 4.78 is 39.0. The molecule has 0 saturated heterocycles. The molecule has 2 aromatic carbocycles. The van der Waals surface area contributed by atoms with Crippen LogP contribution in [0.1, 0.15) is 16.7 Å². The first kappa shape index (κ1) is 18.4. The fraction of sp³-hybridized carbons (Fsp3) is 0.235. The Morgan fingerprint density at radius 3 is 2.24 bits per heavy atom. The zero-order chi connectivity index (χ0) is 18.6. The largest absolute Gasteiger partial charge is 0.416 e. The molecule has 0 atom stereocenters. The lowest BCUT2D eigenvalue weighted by Gasteiger charge is -2.20. The molecule has 0 heterocycles. The van der Waals surface area contributed by atoms with E-state index in [1.807, 2.05) is 0 Å². The summed E-state index contributed by atoms with van der Waals surface area (Å²) in [6.45, 7) is -0.241. The van der Waals surface area contributed by atoms with Crippen molar-refractivity contribution in [2.75, 3.05) is 7.05 Å². The first-order valence-corrected chi connectivity index (χ1v) is 7.31. The van der Waals surface area contributed by atoms with Crippen LogP contribution in [0, 0.1) is 10.1 Å². The molecule has 0 aliphatic rings. The SMILES string of the molecule is CN(Cc1ccccc1C(F)(F)F)C(=O)Cc1ccccc1[N+](=O)[O-]. The van der Waals surface area contributed by atoms with E-state index in [0.717, 1.165) is 11.0 Å². The lowest BCUT2D eigenvalue weighted by atomic mass is 10.1. The minimum absolute atomic E-state index is 0.0339. The number of amides is 1. The van der Waals surface area contributed by atoms with Gasteiger partial charge in [0.25, 0.3) is 5.69 Å². The Morgan fingerprint density at radius 2 is 1.64 bits per heavy atom. The Labute approximate surface area is 141 Å². The summed E-state index contributed by atoms with van der Waals surface area (Å²) >= 11 is 0. The molecule has 5 nitrogen and oxygen atoms in total. The van der Waals surface area contributed by atoms with Gasteiger partial charge in [0.05, 0.1) is 16.9 Å². The van der Waals surface area contributed by atoms with Crippen LogP contribution in [-0.4, -0.2) is 22.8 Å². The van der Waals surface area contributed by atoms with Gasteiger partial charge in [-0.2, -0.15) is 13.2 Å². The maximum Gasteiger partial charge on any atom is 0.416 e. The number of carbonyl (C=O) groups excluding carboxylic acids is 1. The maximum absolute atomic E-state index is 13.0. The molecular formula is C17H15F3N2O3. The zero-order valence-corrected chi connectivity index (χ0v) is 13.3. The third-order valence-corrected chi connectivity index (χ3v) is 3.69. The molecule has 0 N–H and O–H groups in total. The number of hydrogen-bond acceptors (Lipinski definition) is 3. The molecule has 0 radical (unpaired) electrons. The molecule has 0 saturated carbocycles. The van der Waals surface area contributed by atoms with Gasteiger partial charge in [0, 0.05) is 25.2 Å². The summed E-state index contributed by atoms with van der Waals surface area (Å²) in [6.07, 6.45) is -4.78. The molecule has 0 aromatic heterocycles. The number of nitrogens with zero attached hydrogens (tertiary/aromatic N) is 2. The summed E-state index contributed by atoms with van der Waals surface area (Å²) in [5.41, 5.74) is -0.817. The fourth-order valence-electron chi connectivity index (χ4n) is 2.41. The smallest absolute Gasteiger partial charge is 0.341 e. The number of hydrogen-bond donors (Lipinski definition) is 0. The molecule has 132 valence electrons. The van der Waals surface area contributed by atoms with Crippen molar-refractivity contribution in [3.63, 3.8) is 0 Å². The second-order valence-corrected chi connectivity index (χ2v) is 5.47. The highest BCUT2D eigenvalue weighted by molar-refractivity contribution is 5.79. The normalized spacial score (nSPS) is 11.2. The van der Waals surface area contributed by atoms with Gasteiger partial charge in [-0.1, -0.05) is 36.4 Å². The molecule has 0 bridgehead atoms. The molecule has 0 fully saturated rings. The average Bonchev–Trinajstić information content (AvgIpc) is 2.54. The number of benzene rings is 2. The average molecular weight is 352 g/mol. The number of carbonyl (C=O) groups is 1. The van der Waals surface area contributed by atoms with Gasteiger partial charge in [0.2, 0.25) is 5.91 Å². The van der Waals surface area contributed by atoms with E-state index >= 15 is 0 Å². The predicted molar refractivity (Wildman–Crippen MR) is 84.7 cm³/mol. The summed E-state index contributed by atoms with van der Waals surface area (Å²) in [6, 6.07) is 10.8. The minimum Gasteiger partial charge on any atom is -0.341 e. The summed E-state index contributed by atoms with van der Waals surface area (Å²) in [7, 11) is 1.37. The fourth-order valence-corrected chi connectivity index (χ4v) is 2.41. The lowest BCUT2D eigenvalue weighted by molar-refractivity contribution is -0.385. The van der Waals surface area contributed by atoms with E-state index in [1.54, 1.807) is 6.07 Å². The number of para-hydroxylation sites is 1. The van der Waals surface area contributed by atoms with E-state index in [-0.39, 0.29) is 29.8 Å². The van der Waals surface area contributed by atoms with Gasteiger partial charge in [0.1, 0.15) is 0 Å². The van der Waals surface area contributed by atoms with Crippen molar-refractivity contribution in [3.05, 3.63) is 75.3 Å². The molecule has 0 aliphatic heterocycles. The van der Waals surface area contributed by atoms with E-state index in [1.165, 1.54) is 43.4 Å². The van der Waals surface area contributed by atoms with Crippen molar-refractivity contribution < 1.29 is 22.9 Å². The molecule has 0 unspecified atom stereocenters. The van der Waals surface area contributed by atoms with Gasteiger partial charge in [-0.25, -0.2) is 0 Å². The number of nitro benzene ring substituents is 1. The van der Waals surface area contributed by atoms with Crippen LogP contribution in [0.2, 0.25) is 0 Å². The van der Waals surface area contributed by atoms with Crippen LogP contribution in [0.3, 0.4) is 0 Å². The highest BCUT2D eigenvalue weighted by Gasteiger charge is 2.33. The minimum atomic E-state index is -4.52. The highest BCUT2D eigenvalue weighted by atomic mass is 19.4. The van der Waals surface area contributed by atoms with E-state index < -0.39 is 22.6 Å². The standard InChI is InChI=1S/C17H15F3N2O3/c1-21(11-13-7-2-4-8-14(13)17(18,19)20)16(23)10-12-6-3-5-9-15(12)22(24)25/h2-9H,10-11H2,1H3. The molecule has 1 amide bonds. The molecular weight excluding hydrogens is 337 g/mol. The molecule has 2 aromatic rings. The lowest BCUT2D eigenvalue weighted by Crippen LogP contribution is -2.29. The van der Waals surface area contributed by atoms with E-state index in [2.05, 4.69) is 0 Å². The van der Waals surface area contributed by atoms with Crippen molar-refractivity contribution >= 4 is 11.6 Å². The molecule has 0 spiro atoms. The molecule has 25 heavy (non-hydrogen) atoms. The van der Waals surface area contributed by atoms with Gasteiger partial charge in [-0.3, -0.25) is 14.9 Å². The molecule has 8 heteroatoms. The first-order chi connectivity index (χ1) is 11.7. The van der Waals surface area contributed by atoms with Crippen LogP contribution in [0.25, 0.3) is 0 Å². The van der Waals surface area contributed by atoms with Crippen LogP contribution < -0.4 is 0 Å². The number of halogens is 3. The number of likely N-dealkylation sites (N-methyl/N-ethyl adjacent to an activating group) is 1. The van der Waals surface area contributed by atoms with Crippen LogP contribution >= 0.6 is 0 Å². The Balaban J connectivity index is 2.16. The quantitative estimate of drug-likeness (QED) is 0.607. The van der Waals surface area contributed by atoms with Gasteiger partial charge >= 0.3 is 6.18 Å². The Kier molecular flexibility index (Phi) is 5.41. The zero-order valence-electron chi connectivity index (χ0n) is 13.3. The Morgan fingerprint density at radius 1 is 1.08 bits per heavy atom. The van der Waals surface area contributed by atoms with Crippen LogP contribution in [0.4, 0.5) is 18.9 Å². The van der Waals surface area contributed by atoms with Crippen LogP contribution in [0.5, 0.6) is 0 Å². The second kappa shape index (κ2) is 7.33. The summed E-state index contributed by atoms with van der Waals surface area (Å²) in [5.74, 6) is -0.508. The third-order valence-electron chi connectivity index (χ3n) is 3.69. The summed E-state index contributed by atoms with van der Waals surface area (Å²) in [4.78, 5) is 23.8. The Hall–Kier alpha value is -2.90. The van der Waals surface area contributed by atoms with E-state index in [9.17, 15) is 28.1 Å². The third kappa shape index (κ3) is 4.56. The molecule has 0 aliphatic carbocycles. The maximum atomic E-state index is 13.0. The van der Waals surface area contributed by atoms with Crippen LogP contribution in [0.15, 0.2) is 48.5 Å². The van der Waals surface area contributed by atoms with Crippen molar-refractivity contribution in [1.29, 1.82) is 0 Å². The van der Waals surface area contributed by atoms with Crippen molar-refractivity contribution in [3.8, 4) is 0 Å². The van der Waals surface area contributed by atoms with Crippen molar-refractivity contribution in [2.24, 2.45) is 0 Å². The Bertz CT molecular complexity index is 791. The topological polar surface area (TPSA) is 63.5 Å². The van der Waals surface area contributed by atoms with Gasteiger partial charge in [-0.15, -0.1) is 0 Å². The number of alkyl halides is 3. The molecule has 2 rings (SSSR count). The van der Waals surface area contributed by atoms with Gasteiger partial charge < -0.3 is 4.90 Å². The van der Waals surface area contributed by atoms with Gasteiger partial charge in [-0.05, 0) is 11.6 Å². The van der Waals surface area contributed by atoms with Crippen molar-refractivity contribution in [1.82, 2.24) is 4.90 Å². The first-order valence-electron chi connectivity index (χ1n) is 7.31. The van der Waals surface area contributed by atoms with E-state index in [4.69, 9.17) is 0 Å². The summed E-state index contributed by atoms with van der Waals surface area (Å²) in [5, 5.41) is 11.0. The monoisotopic (exact) mass is 352 g/mol. The van der Waals surface area contributed by atoms with Crippen molar-refractivity contribution in [2.45, 2.75) is 19.1 Å². The number of nitro groups is 1. The highest BCUT2D eigenvalue weighted by Crippen LogP contribution is 2.32. The van der Waals surface area contributed by atoms with Crippen LogP contribution in [-0.2, 0) is 23.9 Å². The van der Waals surface area contributed by atoms with E-state index in [0.29, 0.717) is 0 Å².